The molecule has 0 radical (unpaired) electrons. The summed E-state index contributed by atoms with van der Waals surface area (Å²) in [5.41, 5.74) is 2.31. The molecule has 1 saturated carbocycles. The van der Waals surface area contributed by atoms with Gasteiger partial charge in [0.25, 0.3) is 0 Å². The van der Waals surface area contributed by atoms with Crippen molar-refractivity contribution in [3.05, 3.63) is 28.8 Å². The second kappa shape index (κ2) is 6.46. The monoisotopic (exact) mass is 311 g/mol. The van der Waals surface area contributed by atoms with Crippen molar-refractivity contribution in [3.8, 4) is 0 Å². The molecule has 0 bridgehead atoms. The van der Waals surface area contributed by atoms with Gasteiger partial charge in [0, 0.05) is 13.6 Å². The summed E-state index contributed by atoms with van der Waals surface area (Å²) < 4.78 is 27.1. The number of rotatable bonds is 5. The zero-order valence-electron chi connectivity index (χ0n) is 13.1. The summed E-state index contributed by atoms with van der Waals surface area (Å²) >= 11 is 0. The normalized spacial score (nSPS) is 16.8. The van der Waals surface area contributed by atoms with Gasteiger partial charge in [-0.3, -0.25) is 0 Å². The van der Waals surface area contributed by atoms with E-state index in [9.17, 15) is 13.5 Å². The van der Waals surface area contributed by atoms with Crippen LogP contribution in [0.2, 0.25) is 0 Å². The first-order valence-corrected chi connectivity index (χ1v) is 8.97. The van der Waals surface area contributed by atoms with E-state index in [1.165, 1.54) is 17.1 Å². The summed E-state index contributed by atoms with van der Waals surface area (Å²) in [5.74, 6) is 0.479. The van der Waals surface area contributed by atoms with Gasteiger partial charge in [0.2, 0.25) is 10.0 Å². The van der Waals surface area contributed by atoms with E-state index in [1.54, 1.807) is 13.1 Å². The Hall–Kier alpha value is -0.910. The highest BCUT2D eigenvalue weighted by Crippen LogP contribution is 2.29. The molecular formula is C16H25NO3S. The van der Waals surface area contributed by atoms with E-state index in [2.05, 4.69) is 0 Å². The fourth-order valence-electron chi connectivity index (χ4n) is 3.08. The van der Waals surface area contributed by atoms with Crippen LogP contribution in [0.4, 0.5) is 0 Å². The summed E-state index contributed by atoms with van der Waals surface area (Å²) in [6, 6.07) is 3.44. The molecule has 0 aromatic heterocycles. The number of aliphatic hydroxyl groups excluding tert-OH is 1. The highest BCUT2D eigenvalue weighted by Gasteiger charge is 2.27. The molecular weight excluding hydrogens is 286 g/mol. The number of nitrogens with zero attached hydrogens (tertiary/aromatic N) is 1. The lowest BCUT2D eigenvalue weighted by molar-refractivity contribution is 0.281. The molecule has 118 valence electrons. The summed E-state index contributed by atoms with van der Waals surface area (Å²) in [6.45, 7) is 4.15. The van der Waals surface area contributed by atoms with Gasteiger partial charge < -0.3 is 5.11 Å². The zero-order chi connectivity index (χ0) is 15.6. The maximum atomic E-state index is 12.8. The van der Waals surface area contributed by atoms with Crippen molar-refractivity contribution in [2.45, 2.75) is 51.0 Å². The summed E-state index contributed by atoms with van der Waals surface area (Å²) in [4.78, 5) is 0.326. The molecule has 2 rings (SSSR count). The van der Waals surface area contributed by atoms with Crippen LogP contribution >= 0.6 is 0 Å². The first-order valence-electron chi connectivity index (χ1n) is 7.53. The molecule has 1 N–H and O–H groups in total. The summed E-state index contributed by atoms with van der Waals surface area (Å²) in [5, 5.41) is 9.30. The topological polar surface area (TPSA) is 57.6 Å². The third-order valence-electron chi connectivity index (χ3n) is 4.54. The first-order chi connectivity index (χ1) is 9.86. The lowest BCUT2D eigenvalue weighted by Crippen LogP contribution is -2.31. The van der Waals surface area contributed by atoms with Gasteiger partial charge in [0.1, 0.15) is 0 Å². The molecule has 0 aliphatic heterocycles. The fraction of sp³-hybridized carbons (Fsp3) is 0.625. The smallest absolute Gasteiger partial charge is 0.243 e. The molecule has 0 unspecified atom stereocenters. The number of aryl methyl sites for hydroxylation is 1. The van der Waals surface area contributed by atoms with Crippen LogP contribution in [0.3, 0.4) is 0 Å². The van der Waals surface area contributed by atoms with Crippen molar-refractivity contribution in [1.29, 1.82) is 0 Å². The third-order valence-corrected chi connectivity index (χ3v) is 6.49. The second-order valence-electron chi connectivity index (χ2n) is 6.13. The molecule has 0 amide bonds. The van der Waals surface area contributed by atoms with Crippen LogP contribution in [0.15, 0.2) is 17.0 Å². The van der Waals surface area contributed by atoms with Crippen LogP contribution in [0.1, 0.15) is 42.4 Å². The molecule has 1 aliphatic rings. The van der Waals surface area contributed by atoms with Gasteiger partial charge >= 0.3 is 0 Å². The summed E-state index contributed by atoms with van der Waals surface area (Å²) in [7, 11) is -1.83. The molecule has 21 heavy (non-hydrogen) atoms. The Morgan fingerprint density at radius 1 is 1.24 bits per heavy atom. The number of hydrogen-bond donors (Lipinski definition) is 1. The standard InChI is InChI=1S/C16H25NO3S/c1-12-8-15(11-18)9-16(13(12)2)21(19,20)17(3)10-14-6-4-5-7-14/h8-9,14,18H,4-7,10-11H2,1-3H3. The van der Waals surface area contributed by atoms with Crippen molar-refractivity contribution in [3.63, 3.8) is 0 Å². The van der Waals surface area contributed by atoms with Gasteiger partial charge in [0.05, 0.1) is 11.5 Å². The van der Waals surface area contributed by atoms with Crippen molar-refractivity contribution in [1.82, 2.24) is 4.31 Å². The molecule has 4 nitrogen and oxygen atoms in total. The Morgan fingerprint density at radius 2 is 1.86 bits per heavy atom. The van der Waals surface area contributed by atoms with Crippen LogP contribution in [0, 0.1) is 19.8 Å². The van der Waals surface area contributed by atoms with Crippen LogP contribution in [-0.4, -0.2) is 31.4 Å². The van der Waals surface area contributed by atoms with E-state index in [4.69, 9.17) is 0 Å². The fourth-order valence-corrected chi connectivity index (χ4v) is 4.67. The van der Waals surface area contributed by atoms with Gasteiger partial charge in [-0.25, -0.2) is 12.7 Å². The summed E-state index contributed by atoms with van der Waals surface area (Å²) in [6.07, 6.45) is 4.65. The molecule has 1 aromatic rings. The number of hydrogen-bond acceptors (Lipinski definition) is 3. The van der Waals surface area contributed by atoms with Crippen molar-refractivity contribution in [2.75, 3.05) is 13.6 Å². The third kappa shape index (κ3) is 3.47. The van der Waals surface area contributed by atoms with Crippen molar-refractivity contribution >= 4 is 10.0 Å². The lowest BCUT2D eigenvalue weighted by atomic mass is 10.1. The maximum Gasteiger partial charge on any atom is 0.243 e. The van der Waals surface area contributed by atoms with E-state index in [0.29, 0.717) is 22.9 Å². The van der Waals surface area contributed by atoms with E-state index in [1.807, 2.05) is 19.9 Å². The van der Waals surface area contributed by atoms with E-state index in [-0.39, 0.29) is 6.61 Å². The van der Waals surface area contributed by atoms with Gasteiger partial charge in [-0.05, 0) is 55.4 Å². The predicted molar refractivity (Wildman–Crippen MR) is 83.6 cm³/mol. The first kappa shape index (κ1) is 16.5. The predicted octanol–water partition coefficient (Wildman–Crippen LogP) is 2.61. The van der Waals surface area contributed by atoms with Crippen LogP contribution in [0.5, 0.6) is 0 Å². The van der Waals surface area contributed by atoms with Crippen molar-refractivity contribution in [2.24, 2.45) is 5.92 Å². The lowest BCUT2D eigenvalue weighted by Gasteiger charge is -2.22. The molecule has 5 heteroatoms. The van der Waals surface area contributed by atoms with Gasteiger partial charge in [0.15, 0.2) is 0 Å². The van der Waals surface area contributed by atoms with Crippen molar-refractivity contribution < 1.29 is 13.5 Å². The van der Waals surface area contributed by atoms with Gasteiger partial charge in [-0.2, -0.15) is 0 Å². The molecule has 0 saturated heterocycles. The molecule has 0 atom stereocenters. The van der Waals surface area contributed by atoms with Gasteiger partial charge in [-0.1, -0.05) is 18.9 Å². The number of sulfonamides is 1. The van der Waals surface area contributed by atoms with E-state index in [0.717, 1.165) is 24.0 Å². The minimum absolute atomic E-state index is 0.143. The Labute approximate surface area is 127 Å². The number of benzene rings is 1. The quantitative estimate of drug-likeness (QED) is 0.909. The highest BCUT2D eigenvalue weighted by atomic mass is 32.2. The zero-order valence-corrected chi connectivity index (χ0v) is 13.9. The molecule has 0 heterocycles. The Kier molecular flexibility index (Phi) is 5.07. The molecule has 1 fully saturated rings. The number of aliphatic hydroxyl groups is 1. The van der Waals surface area contributed by atoms with E-state index < -0.39 is 10.0 Å². The Morgan fingerprint density at radius 3 is 2.43 bits per heavy atom. The van der Waals surface area contributed by atoms with Crippen LogP contribution in [-0.2, 0) is 16.6 Å². The molecule has 1 aromatic carbocycles. The van der Waals surface area contributed by atoms with Crippen LogP contribution in [0.25, 0.3) is 0 Å². The molecule has 0 spiro atoms. The minimum Gasteiger partial charge on any atom is -0.392 e. The highest BCUT2D eigenvalue weighted by molar-refractivity contribution is 7.89. The van der Waals surface area contributed by atoms with Gasteiger partial charge in [-0.15, -0.1) is 0 Å². The maximum absolute atomic E-state index is 12.8. The second-order valence-corrected chi connectivity index (χ2v) is 8.14. The minimum atomic E-state index is -3.49. The Balaban J connectivity index is 2.31. The Bertz CT molecular complexity index is 604. The SMILES string of the molecule is Cc1cc(CO)cc(S(=O)(=O)N(C)CC2CCCC2)c1C. The van der Waals surface area contributed by atoms with Crippen LogP contribution < -0.4 is 0 Å². The molecule has 1 aliphatic carbocycles. The average Bonchev–Trinajstić information content (AvgIpc) is 2.94. The average molecular weight is 311 g/mol. The largest absolute Gasteiger partial charge is 0.392 e. The van der Waals surface area contributed by atoms with E-state index >= 15 is 0 Å².